The fraction of sp³-hybridized carbons (Fsp3) is 0. The molecule has 0 saturated carbocycles. The molecule has 0 atom stereocenters. The Hall–Kier alpha value is -1.70. The van der Waals surface area contributed by atoms with Crippen LogP contribution in [0.25, 0.3) is 10.8 Å². The van der Waals surface area contributed by atoms with Gasteiger partial charge in [0.1, 0.15) is 10.1 Å². The number of nitrogens with one attached hydrogen (secondary N) is 1. The first-order chi connectivity index (χ1) is 10.9. The van der Waals surface area contributed by atoms with E-state index in [0.717, 1.165) is 0 Å². The Kier molecular flexibility index (Phi) is 5.79. The number of anilines is 1. The summed E-state index contributed by atoms with van der Waals surface area (Å²) in [5.41, 5.74) is 1.06. The van der Waals surface area contributed by atoms with Gasteiger partial charge in [-0.2, -0.15) is 0 Å². The van der Waals surface area contributed by atoms with Gasteiger partial charge >= 0.3 is 29.6 Å². The third-order valence-electron chi connectivity index (χ3n) is 3.42. The molecule has 0 aromatic heterocycles. The minimum absolute atomic E-state index is 0. The molecule has 0 unspecified atom stereocenters. The molecule has 7 heteroatoms. The van der Waals surface area contributed by atoms with Crippen molar-refractivity contribution in [2.75, 3.05) is 5.32 Å². The van der Waals surface area contributed by atoms with Gasteiger partial charge in [-0.05, 0) is 35.7 Å². The van der Waals surface area contributed by atoms with Crippen molar-refractivity contribution >= 4 is 32.5 Å². The molecule has 0 aliphatic rings. The van der Waals surface area contributed by atoms with E-state index in [1.807, 2.05) is 6.07 Å². The monoisotopic (exact) mass is 349 g/mol. The van der Waals surface area contributed by atoms with Crippen LogP contribution in [0.1, 0.15) is 10.4 Å². The maximum absolute atomic E-state index is 12.2. The van der Waals surface area contributed by atoms with Crippen LogP contribution in [0.2, 0.25) is 0 Å². The zero-order chi connectivity index (χ0) is 16.4. The summed E-state index contributed by atoms with van der Waals surface area (Å²) in [5.74, 6) is -0.265. The molecule has 0 fully saturated rings. The molecule has 116 valence electrons. The van der Waals surface area contributed by atoms with Crippen LogP contribution in [0.4, 0.5) is 5.69 Å². The van der Waals surface area contributed by atoms with Crippen LogP contribution in [0.3, 0.4) is 0 Å². The molecule has 0 spiro atoms. The second-order valence-electron chi connectivity index (χ2n) is 4.96. The fourth-order valence-electron chi connectivity index (χ4n) is 2.31. The number of carbonyl (C=O) groups is 1. The number of hydrogen-bond acceptors (Lipinski definition) is 4. The van der Waals surface area contributed by atoms with Gasteiger partial charge in [-0.1, -0.05) is 36.4 Å². The van der Waals surface area contributed by atoms with Gasteiger partial charge < -0.3 is 9.87 Å². The third kappa shape index (κ3) is 4.03. The molecule has 0 radical (unpaired) electrons. The molecule has 3 aromatic rings. The number of carbonyl (C=O) groups excluding carboxylic acids is 1. The van der Waals surface area contributed by atoms with Crippen molar-refractivity contribution in [2.45, 2.75) is 4.90 Å². The molecule has 1 amide bonds. The molecule has 3 aromatic carbocycles. The maximum atomic E-state index is 12.2. The molecule has 0 aliphatic carbocycles. The van der Waals surface area contributed by atoms with Crippen molar-refractivity contribution in [3.05, 3.63) is 72.3 Å². The molecule has 0 bridgehead atoms. The van der Waals surface area contributed by atoms with Gasteiger partial charge in [0.2, 0.25) is 0 Å². The number of hydrogen-bond donors (Lipinski definition) is 1. The first-order valence-corrected chi connectivity index (χ1v) is 8.21. The maximum Gasteiger partial charge on any atom is 1.00 e. The molecular weight excluding hydrogens is 337 g/mol. The van der Waals surface area contributed by atoms with Gasteiger partial charge in [-0.25, -0.2) is 8.42 Å². The van der Waals surface area contributed by atoms with Crippen LogP contribution in [0, 0.1) is 0 Å². The molecule has 0 heterocycles. The first-order valence-electron chi connectivity index (χ1n) is 6.80. The second kappa shape index (κ2) is 7.46. The van der Waals surface area contributed by atoms with Gasteiger partial charge in [0, 0.05) is 16.6 Å². The Balaban J connectivity index is 0.00000208. The predicted molar refractivity (Wildman–Crippen MR) is 86.3 cm³/mol. The van der Waals surface area contributed by atoms with Crippen molar-refractivity contribution < 1.29 is 47.3 Å². The van der Waals surface area contributed by atoms with Crippen LogP contribution in [0.5, 0.6) is 0 Å². The summed E-state index contributed by atoms with van der Waals surface area (Å²) < 4.78 is 33.3. The van der Waals surface area contributed by atoms with Gasteiger partial charge in [-0.15, -0.1) is 0 Å². The predicted octanol–water partition coefficient (Wildman–Crippen LogP) is 0.000200. The normalized spacial score (nSPS) is 10.9. The number of amides is 1. The summed E-state index contributed by atoms with van der Waals surface area (Å²) in [7, 11) is -4.51. The van der Waals surface area contributed by atoms with Crippen LogP contribution in [-0.4, -0.2) is 18.9 Å². The number of rotatable bonds is 3. The Morgan fingerprint density at radius 1 is 0.917 bits per heavy atom. The van der Waals surface area contributed by atoms with E-state index in [9.17, 15) is 17.8 Å². The average molecular weight is 349 g/mol. The van der Waals surface area contributed by atoms with Crippen LogP contribution < -0.4 is 34.9 Å². The van der Waals surface area contributed by atoms with Gasteiger partial charge in [0.05, 0.1) is 4.90 Å². The molecule has 3 rings (SSSR count). The Morgan fingerprint density at radius 2 is 1.62 bits per heavy atom. The summed E-state index contributed by atoms with van der Waals surface area (Å²) in [6.45, 7) is 0. The minimum atomic E-state index is -4.51. The zero-order valence-corrected chi connectivity index (χ0v) is 15.7. The number of fused-ring (bicyclic) bond motifs is 1. The van der Waals surface area contributed by atoms with E-state index >= 15 is 0 Å². The van der Waals surface area contributed by atoms with E-state index in [4.69, 9.17) is 0 Å². The van der Waals surface area contributed by atoms with E-state index in [0.29, 0.717) is 22.0 Å². The van der Waals surface area contributed by atoms with E-state index in [1.54, 1.807) is 42.5 Å². The summed E-state index contributed by atoms with van der Waals surface area (Å²) in [6, 6.07) is 17.9. The van der Waals surface area contributed by atoms with E-state index in [2.05, 4.69) is 5.32 Å². The SMILES string of the molecule is O=C(Nc1cccc2cc(S(=O)(=O)[O-])ccc12)c1ccccc1.[Na+]. The first kappa shape index (κ1) is 18.6. The molecule has 24 heavy (non-hydrogen) atoms. The topological polar surface area (TPSA) is 86.3 Å². The van der Waals surface area contributed by atoms with Crippen LogP contribution in [0.15, 0.2) is 71.6 Å². The summed E-state index contributed by atoms with van der Waals surface area (Å²) in [5, 5.41) is 4.01. The van der Waals surface area contributed by atoms with Crippen molar-refractivity contribution in [2.24, 2.45) is 0 Å². The van der Waals surface area contributed by atoms with Crippen molar-refractivity contribution in [1.82, 2.24) is 0 Å². The van der Waals surface area contributed by atoms with Crippen molar-refractivity contribution in [3.63, 3.8) is 0 Å². The van der Waals surface area contributed by atoms with Crippen molar-refractivity contribution in [1.29, 1.82) is 0 Å². The average Bonchev–Trinajstić information content (AvgIpc) is 2.54. The summed E-state index contributed by atoms with van der Waals surface area (Å²) in [4.78, 5) is 11.9. The minimum Gasteiger partial charge on any atom is -0.744 e. The summed E-state index contributed by atoms with van der Waals surface area (Å²) in [6.07, 6.45) is 0. The smallest absolute Gasteiger partial charge is 0.744 e. The molecule has 5 nitrogen and oxygen atoms in total. The van der Waals surface area contributed by atoms with Gasteiger partial charge in [0.25, 0.3) is 5.91 Å². The van der Waals surface area contributed by atoms with E-state index < -0.39 is 10.1 Å². The van der Waals surface area contributed by atoms with E-state index in [1.165, 1.54) is 18.2 Å². The Bertz CT molecular complexity index is 988. The molecule has 1 N–H and O–H groups in total. The molecule has 0 aliphatic heterocycles. The fourth-order valence-corrected chi connectivity index (χ4v) is 2.82. The Labute approximate surface area is 161 Å². The molecule has 0 saturated heterocycles. The van der Waals surface area contributed by atoms with Crippen LogP contribution >= 0.6 is 0 Å². The third-order valence-corrected chi connectivity index (χ3v) is 4.26. The van der Waals surface area contributed by atoms with Crippen LogP contribution in [-0.2, 0) is 10.1 Å². The standard InChI is InChI=1S/C17H13NO4S.Na/c19-17(12-5-2-1-3-6-12)18-16-8-4-7-13-11-14(23(20,21)22)9-10-15(13)16;/h1-11H,(H,18,19)(H,20,21,22);/q;+1/p-1. The summed E-state index contributed by atoms with van der Waals surface area (Å²) >= 11 is 0. The largest absolute Gasteiger partial charge is 1.00 e. The Morgan fingerprint density at radius 3 is 2.29 bits per heavy atom. The van der Waals surface area contributed by atoms with Gasteiger partial charge in [0.15, 0.2) is 0 Å². The molecular formula is C17H12NNaO4S. The van der Waals surface area contributed by atoms with Crippen molar-refractivity contribution in [3.8, 4) is 0 Å². The second-order valence-corrected chi connectivity index (χ2v) is 6.34. The quantitative estimate of drug-likeness (QED) is 0.533. The zero-order valence-electron chi connectivity index (χ0n) is 12.9. The van der Waals surface area contributed by atoms with E-state index in [-0.39, 0.29) is 40.4 Å². The number of benzene rings is 3. The van der Waals surface area contributed by atoms with Gasteiger partial charge in [-0.3, -0.25) is 4.79 Å².